The minimum Gasteiger partial charge on any atom is -0.309 e. The zero-order valence-electron chi connectivity index (χ0n) is 17.5. The lowest BCUT2D eigenvalue weighted by Crippen LogP contribution is -2.41. The van der Waals surface area contributed by atoms with Gasteiger partial charge in [0.05, 0.1) is 10.5 Å². The fourth-order valence-corrected chi connectivity index (χ4v) is 5.10. The first-order chi connectivity index (χ1) is 14.3. The molecule has 2 heterocycles. The molecule has 2 N–H and O–H groups in total. The smallest absolute Gasteiger partial charge is 0.309 e. The van der Waals surface area contributed by atoms with E-state index < -0.39 is 32.6 Å². The summed E-state index contributed by atoms with van der Waals surface area (Å²) in [5.41, 5.74) is -0.502. The Morgan fingerprint density at radius 3 is 2.32 bits per heavy atom. The van der Waals surface area contributed by atoms with Crippen molar-refractivity contribution >= 4 is 21.7 Å². The van der Waals surface area contributed by atoms with E-state index >= 15 is 0 Å². The molecule has 31 heavy (non-hydrogen) atoms. The van der Waals surface area contributed by atoms with Crippen molar-refractivity contribution in [2.24, 2.45) is 5.92 Å². The topological polar surface area (TPSA) is 95.2 Å². The van der Waals surface area contributed by atoms with Crippen LogP contribution >= 0.6 is 0 Å². The Bertz CT molecular complexity index is 1050. The number of anilines is 1. The molecule has 0 aliphatic carbocycles. The number of H-pyrrole nitrogens is 1. The van der Waals surface area contributed by atoms with Crippen molar-refractivity contribution in [2.45, 2.75) is 50.1 Å². The Hall–Kier alpha value is -2.40. The molecule has 0 radical (unpaired) electrons. The predicted molar refractivity (Wildman–Crippen MR) is 109 cm³/mol. The summed E-state index contributed by atoms with van der Waals surface area (Å²) >= 11 is 0. The van der Waals surface area contributed by atoms with Crippen molar-refractivity contribution in [2.75, 3.05) is 18.4 Å². The number of amides is 1. The van der Waals surface area contributed by atoms with Gasteiger partial charge in [-0.3, -0.25) is 9.89 Å². The average molecular weight is 459 g/mol. The maximum absolute atomic E-state index is 13.3. The standard InChI is InChI=1S/C20H25F3N4O3S/c1-19(2,3)16-12-17(26-25-16)24-18(28)13-8-10-27(11-9-13)31(29,30)15-7-5-4-6-14(15)20(21,22)23/h4-7,12-13H,8-11H2,1-3H3,(H2,24,25,26,28). The van der Waals surface area contributed by atoms with E-state index in [0.717, 1.165) is 28.2 Å². The van der Waals surface area contributed by atoms with Gasteiger partial charge in [0.1, 0.15) is 0 Å². The Balaban J connectivity index is 1.67. The molecule has 1 aliphatic rings. The van der Waals surface area contributed by atoms with Gasteiger partial charge >= 0.3 is 6.18 Å². The van der Waals surface area contributed by atoms with Crippen LogP contribution in [0.25, 0.3) is 0 Å². The lowest BCUT2D eigenvalue weighted by atomic mass is 9.92. The first-order valence-corrected chi connectivity index (χ1v) is 11.3. The largest absolute Gasteiger partial charge is 0.417 e. The molecule has 1 fully saturated rings. The molecule has 1 aromatic carbocycles. The average Bonchev–Trinajstić information content (AvgIpc) is 3.16. The van der Waals surface area contributed by atoms with Crippen molar-refractivity contribution < 1.29 is 26.4 Å². The lowest BCUT2D eigenvalue weighted by Gasteiger charge is -2.31. The molecule has 1 saturated heterocycles. The molecule has 0 bridgehead atoms. The van der Waals surface area contributed by atoms with Crippen molar-refractivity contribution in [3.8, 4) is 0 Å². The number of hydrogen-bond donors (Lipinski definition) is 2. The number of carbonyl (C=O) groups excluding carboxylic acids is 1. The monoisotopic (exact) mass is 458 g/mol. The second-order valence-corrected chi connectivity index (χ2v) is 10.5. The quantitative estimate of drug-likeness (QED) is 0.729. The molecule has 11 heteroatoms. The van der Waals surface area contributed by atoms with Gasteiger partial charge in [-0.1, -0.05) is 32.9 Å². The van der Waals surface area contributed by atoms with Crippen LogP contribution < -0.4 is 5.32 Å². The van der Waals surface area contributed by atoms with Crippen LogP contribution in [0.1, 0.15) is 44.9 Å². The van der Waals surface area contributed by atoms with Crippen molar-refractivity contribution in [1.82, 2.24) is 14.5 Å². The Morgan fingerprint density at radius 1 is 1.16 bits per heavy atom. The number of rotatable bonds is 4. The third-order valence-electron chi connectivity index (χ3n) is 5.27. The number of carbonyl (C=O) groups is 1. The lowest BCUT2D eigenvalue weighted by molar-refractivity contribution is -0.139. The van der Waals surface area contributed by atoms with Gasteiger partial charge in [-0.2, -0.15) is 22.6 Å². The number of piperidine rings is 1. The molecule has 170 valence electrons. The zero-order chi connectivity index (χ0) is 23.0. The van der Waals surface area contributed by atoms with E-state index in [9.17, 15) is 26.4 Å². The second-order valence-electron chi connectivity index (χ2n) is 8.58. The molecule has 1 amide bonds. The predicted octanol–water partition coefficient (Wildman–Crippen LogP) is 3.77. The number of nitrogens with zero attached hydrogens (tertiary/aromatic N) is 2. The van der Waals surface area contributed by atoms with Crippen LogP contribution in [0.3, 0.4) is 0 Å². The molecule has 0 saturated carbocycles. The summed E-state index contributed by atoms with van der Waals surface area (Å²) < 4.78 is 66.4. The maximum atomic E-state index is 13.3. The van der Waals surface area contributed by atoms with Gasteiger partial charge in [0.25, 0.3) is 0 Å². The Labute approximate surface area is 179 Å². The van der Waals surface area contributed by atoms with Gasteiger partial charge in [-0.25, -0.2) is 8.42 Å². The van der Waals surface area contributed by atoms with Gasteiger partial charge < -0.3 is 5.32 Å². The fraction of sp³-hybridized carbons (Fsp3) is 0.500. The third-order valence-corrected chi connectivity index (χ3v) is 7.23. The summed E-state index contributed by atoms with van der Waals surface area (Å²) in [4.78, 5) is 11.8. The summed E-state index contributed by atoms with van der Waals surface area (Å²) in [6, 6.07) is 5.87. The summed E-state index contributed by atoms with van der Waals surface area (Å²) in [6.07, 6.45) is -4.37. The van der Waals surface area contributed by atoms with Crippen LogP contribution in [0.2, 0.25) is 0 Å². The molecule has 2 aromatic rings. The van der Waals surface area contributed by atoms with Crippen LogP contribution in [-0.2, 0) is 26.4 Å². The van der Waals surface area contributed by atoms with Crippen LogP contribution in [-0.4, -0.2) is 41.9 Å². The summed E-state index contributed by atoms with van der Waals surface area (Å²) in [5, 5.41) is 9.67. The summed E-state index contributed by atoms with van der Waals surface area (Å²) in [7, 11) is -4.33. The first kappa shape index (κ1) is 23.3. The number of aromatic nitrogens is 2. The van der Waals surface area contributed by atoms with E-state index in [-0.39, 0.29) is 37.3 Å². The highest BCUT2D eigenvalue weighted by Crippen LogP contribution is 2.36. The second kappa shape index (κ2) is 8.27. The zero-order valence-corrected chi connectivity index (χ0v) is 18.3. The van der Waals surface area contributed by atoms with Gasteiger partial charge in [0.2, 0.25) is 15.9 Å². The third kappa shape index (κ3) is 5.09. The minimum absolute atomic E-state index is 0.0413. The van der Waals surface area contributed by atoms with E-state index in [2.05, 4.69) is 15.5 Å². The molecule has 0 unspecified atom stereocenters. The Morgan fingerprint density at radius 2 is 1.77 bits per heavy atom. The van der Waals surface area contributed by atoms with Crippen LogP contribution in [0.5, 0.6) is 0 Å². The van der Waals surface area contributed by atoms with Gasteiger partial charge in [-0.05, 0) is 25.0 Å². The van der Waals surface area contributed by atoms with E-state index in [1.54, 1.807) is 6.07 Å². The van der Waals surface area contributed by atoms with Crippen LogP contribution in [0.4, 0.5) is 19.0 Å². The van der Waals surface area contributed by atoms with Crippen LogP contribution in [0.15, 0.2) is 35.2 Å². The summed E-state index contributed by atoms with van der Waals surface area (Å²) in [6.45, 7) is 5.92. The van der Waals surface area contributed by atoms with Crippen molar-refractivity contribution in [1.29, 1.82) is 0 Å². The highest BCUT2D eigenvalue weighted by molar-refractivity contribution is 7.89. The number of alkyl halides is 3. The minimum atomic E-state index is -4.78. The molecule has 7 nitrogen and oxygen atoms in total. The number of benzene rings is 1. The Kier molecular flexibility index (Phi) is 6.21. The van der Waals surface area contributed by atoms with Gasteiger partial charge in [0, 0.05) is 36.2 Å². The van der Waals surface area contributed by atoms with E-state index in [1.807, 2.05) is 20.8 Å². The number of nitrogens with one attached hydrogen (secondary N) is 2. The highest BCUT2D eigenvalue weighted by Gasteiger charge is 2.40. The molecule has 3 rings (SSSR count). The SMILES string of the molecule is CC(C)(C)c1cc(NC(=O)C2CCN(S(=O)(=O)c3ccccc3C(F)(F)F)CC2)n[nH]1. The number of halogens is 3. The highest BCUT2D eigenvalue weighted by atomic mass is 32.2. The van der Waals surface area contributed by atoms with Crippen LogP contribution in [0, 0.1) is 5.92 Å². The van der Waals surface area contributed by atoms with Gasteiger partial charge in [-0.15, -0.1) is 0 Å². The normalized spacial score (nSPS) is 17.0. The maximum Gasteiger partial charge on any atom is 0.417 e. The number of aromatic amines is 1. The summed E-state index contributed by atoms with van der Waals surface area (Å²) in [5.74, 6) is -0.372. The van der Waals surface area contributed by atoms with Crippen molar-refractivity contribution in [3.63, 3.8) is 0 Å². The first-order valence-electron chi connectivity index (χ1n) is 9.83. The number of sulfonamides is 1. The van der Waals surface area contributed by atoms with E-state index in [4.69, 9.17) is 0 Å². The molecule has 1 aromatic heterocycles. The molecule has 0 atom stereocenters. The molecule has 1 aliphatic heterocycles. The fourth-order valence-electron chi connectivity index (χ4n) is 3.42. The molecule has 0 spiro atoms. The van der Waals surface area contributed by atoms with E-state index in [1.165, 1.54) is 6.07 Å². The number of hydrogen-bond acceptors (Lipinski definition) is 4. The molecular formula is C20H25F3N4O3S. The molecular weight excluding hydrogens is 433 g/mol. The van der Waals surface area contributed by atoms with Crippen molar-refractivity contribution in [3.05, 3.63) is 41.6 Å². The van der Waals surface area contributed by atoms with Gasteiger partial charge in [0.15, 0.2) is 5.82 Å². The van der Waals surface area contributed by atoms with E-state index in [0.29, 0.717) is 5.82 Å².